The first-order valence-corrected chi connectivity index (χ1v) is 10.3. The van der Waals surface area contributed by atoms with Gasteiger partial charge in [-0.3, -0.25) is 24.7 Å². The van der Waals surface area contributed by atoms with Crippen molar-refractivity contribution in [2.75, 3.05) is 25.7 Å². The van der Waals surface area contributed by atoms with Gasteiger partial charge in [-0.05, 0) is 67.7 Å². The lowest BCUT2D eigenvalue weighted by Gasteiger charge is -2.24. The number of anilines is 1. The highest BCUT2D eigenvalue weighted by molar-refractivity contribution is 7.80. The second-order valence-electron chi connectivity index (χ2n) is 6.87. The van der Waals surface area contributed by atoms with Gasteiger partial charge in [-0.2, -0.15) is 0 Å². The van der Waals surface area contributed by atoms with E-state index in [1.54, 1.807) is 62.6 Å². The molecule has 168 valence electrons. The summed E-state index contributed by atoms with van der Waals surface area (Å²) in [6.45, 7) is 2.20. The van der Waals surface area contributed by atoms with Gasteiger partial charge in [-0.25, -0.2) is 5.01 Å². The van der Waals surface area contributed by atoms with Crippen LogP contribution in [0, 0.1) is 0 Å². The van der Waals surface area contributed by atoms with E-state index in [1.807, 2.05) is 0 Å². The molecule has 0 radical (unpaired) electrons. The van der Waals surface area contributed by atoms with Crippen molar-refractivity contribution >= 4 is 40.7 Å². The summed E-state index contributed by atoms with van der Waals surface area (Å²) in [7, 11) is 3.07. The van der Waals surface area contributed by atoms with Crippen molar-refractivity contribution in [3.8, 4) is 11.5 Å². The molecule has 32 heavy (non-hydrogen) atoms. The van der Waals surface area contributed by atoms with Gasteiger partial charge in [0.1, 0.15) is 17.5 Å². The number of benzene rings is 2. The number of nitrogens with zero attached hydrogens (tertiary/aromatic N) is 2. The molecule has 0 bridgehead atoms. The Morgan fingerprint density at radius 2 is 1.56 bits per heavy atom. The molecule has 0 aromatic heterocycles. The fourth-order valence-corrected chi connectivity index (χ4v) is 3.60. The van der Waals surface area contributed by atoms with Crippen molar-refractivity contribution in [3.63, 3.8) is 0 Å². The topological polar surface area (TPSA) is 100 Å². The van der Waals surface area contributed by atoms with Crippen LogP contribution >= 0.6 is 12.2 Å². The van der Waals surface area contributed by atoms with E-state index in [9.17, 15) is 14.4 Å². The van der Waals surface area contributed by atoms with Gasteiger partial charge in [0.25, 0.3) is 11.8 Å². The molecular weight excluding hydrogens is 432 g/mol. The molecule has 1 unspecified atom stereocenters. The molecule has 1 atom stereocenters. The molecule has 3 amide bonds. The SMILES string of the molecule is CCNC(=O)CC1C(=O)N(c2ccc(OC)cc2)C(=S)N1NC(=O)c1ccc(OC)cc1. The highest BCUT2D eigenvalue weighted by Gasteiger charge is 2.45. The molecule has 0 saturated carbocycles. The maximum absolute atomic E-state index is 13.2. The third kappa shape index (κ3) is 4.80. The van der Waals surface area contributed by atoms with Crippen LogP contribution in [0.25, 0.3) is 0 Å². The van der Waals surface area contributed by atoms with E-state index < -0.39 is 17.9 Å². The van der Waals surface area contributed by atoms with Gasteiger partial charge in [-0.15, -0.1) is 0 Å². The predicted octanol–water partition coefficient (Wildman–Crippen LogP) is 1.88. The Hall–Kier alpha value is -3.66. The third-order valence-electron chi connectivity index (χ3n) is 4.87. The normalized spacial score (nSPS) is 15.5. The van der Waals surface area contributed by atoms with Crippen molar-refractivity contribution in [3.05, 3.63) is 54.1 Å². The summed E-state index contributed by atoms with van der Waals surface area (Å²) >= 11 is 5.52. The van der Waals surface area contributed by atoms with E-state index >= 15 is 0 Å². The molecule has 1 fully saturated rings. The van der Waals surface area contributed by atoms with Gasteiger partial charge in [0.15, 0.2) is 0 Å². The van der Waals surface area contributed by atoms with E-state index in [0.717, 1.165) is 0 Å². The Morgan fingerprint density at radius 1 is 1.00 bits per heavy atom. The summed E-state index contributed by atoms with van der Waals surface area (Å²) in [5.74, 6) is 0.0127. The molecule has 0 aliphatic carbocycles. The number of rotatable bonds is 8. The zero-order chi connectivity index (χ0) is 23.3. The number of amides is 3. The van der Waals surface area contributed by atoms with E-state index in [2.05, 4.69) is 10.7 Å². The van der Waals surface area contributed by atoms with E-state index in [0.29, 0.717) is 29.3 Å². The number of nitrogens with one attached hydrogen (secondary N) is 2. The van der Waals surface area contributed by atoms with Crippen LogP contribution in [0.15, 0.2) is 48.5 Å². The fraction of sp³-hybridized carbons (Fsp3) is 0.273. The lowest BCUT2D eigenvalue weighted by Crippen LogP contribution is -2.50. The van der Waals surface area contributed by atoms with Gasteiger partial charge in [0, 0.05) is 12.1 Å². The minimum Gasteiger partial charge on any atom is -0.497 e. The largest absolute Gasteiger partial charge is 0.497 e. The Labute approximate surface area is 191 Å². The number of carbonyl (C=O) groups excluding carboxylic acids is 3. The molecule has 3 rings (SSSR count). The van der Waals surface area contributed by atoms with Crippen LogP contribution in [0.2, 0.25) is 0 Å². The van der Waals surface area contributed by atoms with Gasteiger partial charge < -0.3 is 14.8 Å². The summed E-state index contributed by atoms with van der Waals surface area (Å²) in [5.41, 5.74) is 3.53. The molecule has 2 N–H and O–H groups in total. The maximum atomic E-state index is 13.2. The van der Waals surface area contributed by atoms with Crippen LogP contribution in [0.4, 0.5) is 5.69 Å². The van der Waals surface area contributed by atoms with Crippen molar-refractivity contribution in [1.82, 2.24) is 15.8 Å². The molecule has 9 nitrogen and oxygen atoms in total. The smallest absolute Gasteiger partial charge is 0.269 e. The Bertz CT molecular complexity index is 1010. The molecule has 1 aliphatic heterocycles. The Morgan fingerprint density at radius 3 is 2.09 bits per heavy atom. The minimum absolute atomic E-state index is 0.0660. The van der Waals surface area contributed by atoms with Crippen molar-refractivity contribution in [2.45, 2.75) is 19.4 Å². The van der Waals surface area contributed by atoms with Crippen LogP contribution in [-0.2, 0) is 9.59 Å². The number of hydrogen-bond donors (Lipinski definition) is 2. The maximum Gasteiger partial charge on any atom is 0.269 e. The highest BCUT2D eigenvalue weighted by Crippen LogP contribution is 2.28. The first-order valence-electron chi connectivity index (χ1n) is 9.92. The molecule has 10 heteroatoms. The zero-order valence-electron chi connectivity index (χ0n) is 18.0. The zero-order valence-corrected chi connectivity index (χ0v) is 18.8. The average Bonchev–Trinajstić information content (AvgIpc) is 3.03. The summed E-state index contributed by atoms with van der Waals surface area (Å²) in [5, 5.41) is 4.01. The summed E-state index contributed by atoms with van der Waals surface area (Å²) in [6, 6.07) is 12.3. The lowest BCUT2D eigenvalue weighted by atomic mass is 10.1. The molecule has 2 aromatic carbocycles. The number of methoxy groups -OCH3 is 2. The third-order valence-corrected chi connectivity index (χ3v) is 5.25. The van der Waals surface area contributed by atoms with Crippen LogP contribution in [0.5, 0.6) is 11.5 Å². The Kier molecular flexibility index (Phi) is 7.26. The fourth-order valence-electron chi connectivity index (χ4n) is 3.23. The number of thiocarbonyl (C=S) groups is 1. The molecular formula is C22H24N4O5S. The number of ether oxygens (including phenoxy) is 2. The first kappa shape index (κ1) is 23.0. The minimum atomic E-state index is -0.988. The molecule has 0 spiro atoms. The molecule has 1 saturated heterocycles. The monoisotopic (exact) mass is 456 g/mol. The summed E-state index contributed by atoms with van der Waals surface area (Å²) in [4.78, 5) is 39.6. The molecule has 2 aromatic rings. The van der Waals surface area contributed by atoms with Crippen LogP contribution < -0.4 is 25.1 Å². The van der Waals surface area contributed by atoms with Crippen molar-refractivity contribution in [1.29, 1.82) is 0 Å². The number of carbonyl (C=O) groups is 3. The molecule has 1 heterocycles. The van der Waals surface area contributed by atoms with E-state index in [1.165, 1.54) is 17.0 Å². The van der Waals surface area contributed by atoms with E-state index in [-0.39, 0.29) is 17.4 Å². The highest BCUT2D eigenvalue weighted by atomic mass is 32.1. The second kappa shape index (κ2) is 10.1. The van der Waals surface area contributed by atoms with E-state index in [4.69, 9.17) is 21.7 Å². The summed E-state index contributed by atoms with van der Waals surface area (Å²) in [6.07, 6.45) is -0.164. The van der Waals surface area contributed by atoms with Gasteiger partial charge in [0.05, 0.1) is 26.3 Å². The number of hydrogen-bond acceptors (Lipinski definition) is 6. The Balaban J connectivity index is 1.88. The predicted molar refractivity (Wildman–Crippen MR) is 122 cm³/mol. The lowest BCUT2D eigenvalue weighted by molar-refractivity contribution is -0.127. The quantitative estimate of drug-likeness (QED) is 0.585. The second-order valence-corrected chi connectivity index (χ2v) is 7.23. The van der Waals surface area contributed by atoms with Gasteiger partial charge >= 0.3 is 0 Å². The van der Waals surface area contributed by atoms with Crippen LogP contribution in [0.3, 0.4) is 0 Å². The van der Waals surface area contributed by atoms with Crippen LogP contribution in [0.1, 0.15) is 23.7 Å². The standard InChI is InChI=1S/C22H24N4O5S/c1-4-23-19(27)13-18-21(29)25(15-7-11-17(31-3)12-8-15)22(32)26(18)24-20(28)14-5-9-16(30-2)10-6-14/h5-12,18H,4,13H2,1-3H3,(H,23,27)(H,24,28). The van der Waals surface area contributed by atoms with Crippen LogP contribution in [-0.4, -0.2) is 54.6 Å². The van der Waals surface area contributed by atoms with Crippen molar-refractivity contribution < 1.29 is 23.9 Å². The van der Waals surface area contributed by atoms with Gasteiger partial charge in [0.2, 0.25) is 11.0 Å². The molecule has 1 aliphatic rings. The first-order chi connectivity index (χ1) is 15.4. The summed E-state index contributed by atoms with van der Waals surface area (Å²) < 4.78 is 10.3. The number of hydrazine groups is 1. The average molecular weight is 457 g/mol. The van der Waals surface area contributed by atoms with Gasteiger partial charge in [-0.1, -0.05) is 0 Å². The van der Waals surface area contributed by atoms with Crippen molar-refractivity contribution in [2.24, 2.45) is 0 Å².